The number of hydrogen-bond acceptors (Lipinski definition) is 2. The van der Waals surface area contributed by atoms with Crippen LogP contribution in [0.5, 0.6) is 0 Å². The first kappa shape index (κ1) is 8.56. The van der Waals surface area contributed by atoms with E-state index in [9.17, 15) is 0 Å². The van der Waals surface area contributed by atoms with Gasteiger partial charge in [0.15, 0.2) is 0 Å². The molecule has 0 aliphatic heterocycles. The first-order valence-electron chi connectivity index (χ1n) is 3.40. The molecule has 0 aliphatic rings. The molecule has 2 nitrogen and oxygen atoms in total. The maximum Gasteiger partial charge on any atom is 0.0528 e. The van der Waals surface area contributed by atoms with Crippen molar-refractivity contribution in [3.8, 4) is 0 Å². The quantitative estimate of drug-likeness (QED) is 0.450. The average Bonchev–Trinajstić information content (AvgIpc) is 2.04. The van der Waals surface area contributed by atoms with E-state index in [0.717, 1.165) is 11.0 Å². The Hall–Kier alpha value is -0.540. The van der Waals surface area contributed by atoms with E-state index in [1.54, 1.807) is 0 Å². The normalized spacial score (nSPS) is 9.73. The molecule has 0 amide bonds. The molecule has 3 N–H and O–H groups in total. The van der Waals surface area contributed by atoms with Gasteiger partial charge in [-0.2, -0.15) is 0 Å². The van der Waals surface area contributed by atoms with E-state index in [-0.39, 0.29) is 0 Å². The Morgan fingerprint density at radius 2 is 2.27 bits per heavy atom. The van der Waals surface area contributed by atoms with Gasteiger partial charge in [0.05, 0.1) is 5.69 Å². The molecule has 1 aromatic carbocycles. The predicted molar refractivity (Wildman–Crippen MR) is 51.6 cm³/mol. The zero-order valence-electron chi connectivity index (χ0n) is 6.39. The van der Waals surface area contributed by atoms with Crippen molar-refractivity contribution in [3.05, 3.63) is 29.3 Å². The van der Waals surface area contributed by atoms with Crippen molar-refractivity contribution in [2.45, 2.75) is 12.3 Å². The molecule has 1 aromatic rings. The van der Waals surface area contributed by atoms with Crippen molar-refractivity contribution < 1.29 is 0 Å². The smallest absolute Gasteiger partial charge is 0.0528 e. The van der Waals surface area contributed by atoms with Crippen LogP contribution in [0.1, 0.15) is 11.1 Å². The Bertz CT molecular complexity index is 248. The summed E-state index contributed by atoms with van der Waals surface area (Å²) >= 11 is 3.38. The first-order valence-corrected chi connectivity index (χ1v) is 4.52. The number of benzene rings is 1. The molecule has 0 fully saturated rings. The van der Waals surface area contributed by atoms with Crippen LogP contribution >= 0.6 is 15.9 Å². The van der Waals surface area contributed by atoms with E-state index < -0.39 is 0 Å². The first-order chi connectivity index (χ1) is 5.27. The second-order valence-corrected chi connectivity index (χ2v) is 3.00. The third-order valence-corrected chi connectivity index (χ3v) is 2.17. The van der Waals surface area contributed by atoms with Crippen LogP contribution in [-0.4, -0.2) is 0 Å². The van der Waals surface area contributed by atoms with Crippen LogP contribution in [0, 0.1) is 6.92 Å². The third-order valence-electron chi connectivity index (χ3n) is 1.56. The average molecular weight is 215 g/mol. The SMILES string of the molecule is Cc1ccc(CBr)c(NN)c1. The van der Waals surface area contributed by atoms with Crippen molar-refractivity contribution in [1.29, 1.82) is 0 Å². The maximum absolute atomic E-state index is 5.32. The van der Waals surface area contributed by atoms with Crippen molar-refractivity contribution >= 4 is 21.6 Å². The Balaban J connectivity index is 3.06. The fourth-order valence-corrected chi connectivity index (χ4v) is 1.43. The van der Waals surface area contributed by atoms with Crippen molar-refractivity contribution in [3.63, 3.8) is 0 Å². The highest BCUT2D eigenvalue weighted by Gasteiger charge is 1.97. The second kappa shape index (κ2) is 3.74. The summed E-state index contributed by atoms with van der Waals surface area (Å²) in [6.07, 6.45) is 0. The fourth-order valence-electron chi connectivity index (χ4n) is 0.941. The number of nitrogens with two attached hydrogens (primary N) is 1. The number of aryl methyl sites for hydroxylation is 1. The molecule has 60 valence electrons. The lowest BCUT2D eigenvalue weighted by Gasteiger charge is -2.06. The number of hydrogen-bond donors (Lipinski definition) is 2. The summed E-state index contributed by atoms with van der Waals surface area (Å²) in [4.78, 5) is 0. The number of hydrazine groups is 1. The minimum absolute atomic E-state index is 0.826. The van der Waals surface area contributed by atoms with Gasteiger partial charge in [-0.25, -0.2) is 0 Å². The highest BCUT2D eigenvalue weighted by Crippen LogP contribution is 2.18. The molecule has 0 aliphatic carbocycles. The van der Waals surface area contributed by atoms with Crippen LogP contribution in [0.2, 0.25) is 0 Å². The molecule has 0 atom stereocenters. The fraction of sp³-hybridized carbons (Fsp3) is 0.250. The van der Waals surface area contributed by atoms with Gasteiger partial charge in [0, 0.05) is 5.33 Å². The van der Waals surface area contributed by atoms with E-state index in [2.05, 4.69) is 33.5 Å². The molecule has 0 spiro atoms. The molecule has 0 heterocycles. The molecule has 0 radical (unpaired) electrons. The van der Waals surface area contributed by atoms with Crippen molar-refractivity contribution in [2.24, 2.45) is 5.84 Å². The Kier molecular flexibility index (Phi) is 2.91. The summed E-state index contributed by atoms with van der Waals surface area (Å²) in [6, 6.07) is 6.15. The zero-order valence-corrected chi connectivity index (χ0v) is 7.98. The van der Waals surface area contributed by atoms with E-state index in [0.29, 0.717) is 0 Å². The molecular formula is C8H11BrN2. The lowest BCUT2D eigenvalue weighted by molar-refractivity contribution is 1.28. The Labute approximate surface area is 74.9 Å². The van der Waals surface area contributed by atoms with Crippen molar-refractivity contribution in [1.82, 2.24) is 0 Å². The van der Waals surface area contributed by atoms with Gasteiger partial charge in [0.25, 0.3) is 0 Å². The lowest BCUT2D eigenvalue weighted by Crippen LogP contribution is -2.08. The molecule has 0 aromatic heterocycles. The summed E-state index contributed by atoms with van der Waals surface area (Å²) in [5, 5.41) is 0.826. The molecular weight excluding hydrogens is 204 g/mol. The van der Waals surface area contributed by atoms with Gasteiger partial charge >= 0.3 is 0 Å². The molecule has 0 saturated heterocycles. The number of halogens is 1. The van der Waals surface area contributed by atoms with Gasteiger partial charge < -0.3 is 5.43 Å². The summed E-state index contributed by atoms with van der Waals surface area (Å²) in [5.41, 5.74) is 6.03. The lowest BCUT2D eigenvalue weighted by atomic mass is 10.1. The predicted octanol–water partition coefficient (Wildman–Crippen LogP) is 2.18. The summed E-state index contributed by atoms with van der Waals surface area (Å²) in [5.74, 6) is 5.32. The largest absolute Gasteiger partial charge is 0.324 e. The van der Waals surface area contributed by atoms with E-state index >= 15 is 0 Å². The summed E-state index contributed by atoms with van der Waals surface area (Å²) in [6.45, 7) is 2.04. The van der Waals surface area contributed by atoms with Crippen LogP contribution in [0.3, 0.4) is 0 Å². The number of nitrogen functional groups attached to an aromatic ring is 1. The Morgan fingerprint density at radius 3 is 2.82 bits per heavy atom. The molecule has 0 unspecified atom stereocenters. The third kappa shape index (κ3) is 1.94. The molecule has 0 saturated carbocycles. The highest BCUT2D eigenvalue weighted by molar-refractivity contribution is 9.08. The van der Waals surface area contributed by atoms with Crippen LogP contribution in [0.25, 0.3) is 0 Å². The number of nitrogens with one attached hydrogen (secondary N) is 1. The monoisotopic (exact) mass is 214 g/mol. The molecule has 11 heavy (non-hydrogen) atoms. The maximum atomic E-state index is 5.32. The topological polar surface area (TPSA) is 38.0 Å². The van der Waals surface area contributed by atoms with E-state index in [1.165, 1.54) is 11.1 Å². The van der Waals surface area contributed by atoms with Gasteiger partial charge in [-0.1, -0.05) is 28.1 Å². The standard InChI is InChI=1S/C8H11BrN2/c1-6-2-3-7(5-9)8(4-6)11-10/h2-4,11H,5,10H2,1H3. The minimum atomic E-state index is 0.826. The van der Waals surface area contributed by atoms with Gasteiger partial charge in [0.2, 0.25) is 0 Å². The number of alkyl halides is 1. The summed E-state index contributed by atoms with van der Waals surface area (Å²) < 4.78 is 0. The van der Waals surface area contributed by atoms with Crippen LogP contribution in [0.4, 0.5) is 5.69 Å². The van der Waals surface area contributed by atoms with E-state index in [4.69, 9.17) is 5.84 Å². The van der Waals surface area contributed by atoms with Crippen LogP contribution in [0.15, 0.2) is 18.2 Å². The molecule has 0 bridgehead atoms. The van der Waals surface area contributed by atoms with Gasteiger partial charge in [-0.3, -0.25) is 5.84 Å². The van der Waals surface area contributed by atoms with Gasteiger partial charge in [0.1, 0.15) is 0 Å². The van der Waals surface area contributed by atoms with Gasteiger partial charge in [-0.05, 0) is 24.1 Å². The van der Waals surface area contributed by atoms with E-state index in [1.807, 2.05) is 13.0 Å². The number of rotatable bonds is 2. The Morgan fingerprint density at radius 1 is 1.55 bits per heavy atom. The summed E-state index contributed by atoms with van der Waals surface area (Å²) in [7, 11) is 0. The second-order valence-electron chi connectivity index (χ2n) is 2.44. The van der Waals surface area contributed by atoms with Crippen LogP contribution in [-0.2, 0) is 5.33 Å². The minimum Gasteiger partial charge on any atom is -0.324 e. The highest BCUT2D eigenvalue weighted by atomic mass is 79.9. The van der Waals surface area contributed by atoms with Crippen LogP contribution < -0.4 is 11.3 Å². The molecule has 1 rings (SSSR count). The van der Waals surface area contributed by atoms with Gasteiger partial charge in [-0.15, -0.1) is 0 Å². The number of anilines is 1. The zero-order chi connectivity index (χ0) is 8.27. The van der Waals surface area contributed by atoms with Crippen molar-refractivity contribution in [2.75, 3.05) is 5.43 Å². The molecule has 3 heteroatoms.